The highest BCUT2D eigenvalue weighted by Gasteiger charge is 2.18. The summed E-state index contributed by atoms with van der Waals surface area (Å²) < 4.78 is 0. The Morgan fingerprint density at radius 2 is 0.586 bits per heavy atom. The van der Waals surface area contributed by atoms with Gasteiger partial charge in [-0.2, -0.15) is 0 Å². The maximum absolute atomic E-state index is 5.08. The minimum atomic E-state index is 0.626. The number of aromatic nitrogens is 3. The zero-order valence-corrected chi connectivity index (χ0v) is 31.7. The number of fused-ring (bicyclic) bond motifs is 1. The van der Waals surface area contributed by atoms with Crippen molar-refractivity contribution < 1.29 is 0 Å². The lowest BCUT2D eigenvalue weighted by molar-refractivity contribution is 1.07. The van der Waals surface area contributed by atoms with Crippen molar-refractivity contribution in [1.82, 2.24) is 15.0 Å². The van der Waals surface area contributed by atoms with Crippen molar-refractivity contribution in [2.75, 3.05) is 0 Å². The van der Waals surface area contributed by atoms with Crippen LogP contribution >= 0.6 is 0 Å². The van der Waals surface area contributed by atoms with Gasteiger partial charge in [-0.3, -0.25) is 0 Å². The van der Waals surface area contributed by atoms with Crippen LogP contribution in [0.3, 0.4) is 0 Å². The van der Waals surface area contributed by atoms with E-state index in [0.717, 1.165) is 50.1 Å². The molecule has 272 valence electrons. The van der Waals surface area contributed by atoms with Gasteiger partial charge >= 0.3 is 0 Å². The van der Waals surface area contributed by atoms with Gasteiger partial charge in [-0.15, -0.1) is 0 Å². The second-order valence-electron chi connectivity index (χ2n) is 14.4. The number of rotatable bonds is 8. The van der Waals surface area contributed by atoms with E-state index >= 15 is 0 Å². The van der Waals surface area contributed by atoms with Gasteiger partial charge in [-0.25, -0.2) is 15.0 Å². The Morgan fingerprint density at radius 3 is 1.10 bits per heavy atom. The predicted octanol–water partition coefficient (Wildman–Crippen LogP) is 14.4. The highest BCUT2D eigenvalue weighted by Crippen LogP contribution is 2.42. The molecule has 0 amide bonds. The molecular weight excluding hydrogens is 703 g/mol. The van der Waals surface area contributed by atoms with Gasteiger partial charge in [0.05, 0.1) is 0 Å². The van der Waals surface area contributed by atoms with Crippen molar-refractivity contribution in [1.29, 1.82) is 0 Å². The van der Waals surface area contributed by atoms with Crippen LogP contribution in [0.15, 0.2) is 224 Å². The Balaban J connectivity index is 1.18. The van der Waals surface area contributed by atoms with Crippen molar-refractivity contribution in [3.8, 4) is 89.8 Å². The number of benzene rings is 9. The number of hydrogen-bond acceptors (Lipinski definition) is 3. The molecule has 10 rings (SSSR count). The molecule has 0 bridgehead atoms. The monoisotopic (exact) mass is 739 g/mol. The van der Waals surface area contributed by atoms with Gasteiger partial charge in [-0.1, -0.05) is 188 Å². The lowest BCUT2D eigenvalue weighted by Crippen LogP contribution is -2.00. The molecule has 0 saturated heterocycles. The van der Waals surface area contributed by atoms with Crippen LogP contribution in [0.5, 0.6) is 0 Å². The van der Waals surface area contributed by atoms with E-state index in [4.69, 9.17) is 15.0 Å². The van der Waals surface area contributed by atoms with Gasteiger partial charge in [0, 0.05) is 16.7 Å². The molecule has 58 heavy (non-hydrogen) atoms. The molecule has 3 heteroatoms. The maximum atomic E-state index is 5.08. The van der Waals surface area contributed by atoms with Crippen molar-refractivity contribution in [2.24, 2.45) is 0 Å². The fourth-order valence-electron chi connectivity index (χ4n) is 7.80. The van der Waals surface area contributed by atoms with E-state index in [9.17, 15) is 0 Å². The van der Waals surface area contributed by atoms with Crippen molar-refractivity contribution in [2.45, 2.75) is 0 Å². The molecule has 3 nitrogen and oxygen atoms in total. The fraction of sp³-hybridized carbons (Fsp3) is 0. The smallest absolute Gasteiger partial charge is 0.164 e. The summed E-state index contributed by atoms with van der Waals surface area (Å²) >= 11 is 0. The third kappa shape index (κ3) is 6.98. The molecule has 10 aromatic rings. The van der Waals surface area contributed by atoms with Crippen molar-refractivity contribution >= 4 is 10.8 Å². The molecule has 0 saturated carbocycles. The van der Waals surface area contributed by atoms with E-state index in [1.807, 2.05) is 60.7 Å². The first-order valence-electron chi connectivity index (χ1n) is 19.6. The van der Waals surface area contributed by atoms with E-state index in [-0.39, 0.29) is 0 Å². The molecule has 9 aromatic carbocycles. The van der Waals surface area contributed by atoms with E-state index in [0.29, 0.717) is 17.5 Å². The Labute approximate surface area is 338 Å². The zero-order valence-electron chi connectivity index (χ0n) is 31.7. The molecule has 0 fully saturated rings. The van der Waals surface area contributed by atoms with Gasteiger partial charge in [0.1, 0.15) is 0 Å². The molecule has 0 aliphatic rings. The van der Waals surface area contributed by atoms with Gasteiger partial charge in [0.25, 0.3) is 0 Å². The molecule has 0 aliphatic carbocycles. The summed E-state index contributed by atoms with van der Waals surface area (Å²) in [6.07, 6.45) is 0. The second-order valence-corrected chi connectivity index (χ2v) is 14.4. The second kappa shape index (κ2) is 15.4. The fourth-order valence-corrected chi connectivity index (χ4v) is 7.80. The molecule has 1 aromatic heterocycles. The summed E-state index contributed by atoms with van der Waals surface area (Å²) in [5, 5.41) is 2.37. The summed E-state index contributed by atoms with van der Waals surface area (Å²) in [4.78, 5) is 15.1. The molecule has 0 N–H and O–H groups in total. The van der Waals surface area contributed by atoms with Crippen LogP contribution in [0.4, 0.5) is 0 Å². The minimum absolute atomic E-state index is 0.626. The quantitative estimate of drug-likeness (QED) is 0.156. The summed E-state index contributed by atoms with van der Waals surface area (Å²) in [7, 11) is 0. The van der Waals surface area contributed by atoms with Crippen LogP contribution in [-0.4, -0.2) is 15.0 Å². The zero-order chi connectivity index (χ0) is 38.7. The molecule has 0 atom stereocenters. The third-order valence-electron chi connectivity index (χ3n) is 10.7. The number of hydrogen-bond donors (Lipinski definition) is 0. The first kappa shape index (κ1) is 34.7. The molecule has 0 radical (unpaired) electrons. The SMILES string of the molecule is c1ccc(-c2cc(-c3ccccc3)cc(-c3cc(-c4ccc(-c5nc(-c6ccccc6)nc(-c6ccccc6)n5)cc4-c4ccccc4)c4ccccc4c3)c2)cc1. The van der Waals surface area contributed by atoms with Crippen LogP contribution in [0.1, 0.15) is 0 Å². The normalized spacial score (nSPS) is 11.1. The van der Waals surface area contributed by atoms with Gasteiger partial charge < -0.3 is 0 Å². The minimum Gasteiger partial charge on any atom is -0.208 e. The molecule has 0 spiro atoms. The Morgan fingerprint density at radius 1 is 0.207 bits per heavy atom. The lowest BCUT2D eigenvalue weighted by Gasteiger charge is -2.17. The molecule has 0 unspecified atom stereocenters. The largest absolute Gasteiger partial charge is 0.208 e. The molecular formula is C55H37N3. The predicted molar refractivity (Wildman–Crippen MR) is 241 cm³/mol. The highest BCUT2D eigenvalue weighted by atomic mass is 15.0. The first-order valence-corrected chi connectivity index (χ1v) is 19.6. The average Bonchev–Trinajstić information content (AvgIpc) is 3.32. The summed E-state index contributed by atoms with van der Waals surface area (Å²) in [6, 6.07) is 79.2. The maximum Gasteiger partial charge on any atom is 0.164 e. The van der Waals surface area contributed by atoms with Crippen LogP contribution in [0.25, 0.3) is 101 Å². The summed E-state index contributed by atoms with van der Waals surface area (Å²) in [5.74, 6) is 1.91. The average molecular weight is 740 g/mol. The van der Waals surface area contributed by atoms with E-state index in [1.165, 1.54) is 33.0 Å². The van der Waals surface area contributed by atoms with Crippen LogP contribution in [-0.2, 0) is 0 Å². The highest BCUT2D eigenvalue weighted by molar-refractivity contribution is 6.04. The Bertz CT molecular complexity index is 2900. The van der Waals surface area contributed by atoms with Crippen molar-refractivity contribution in [3.63, 3.8) is 0 Å². The summed E-state index contributed by atoms with van der Waals surface area (Å²) in [6.45, 7) is 0. The van der Waals surface area contributed by atoms with Gasteiger partial charge in [0.15, 0.2) is 17.5 Å². The van der Waals surface area contributed by atoms with E-state index in [2.05, 4.69) is 164 Å². The van der Waals surface area contributed by atoms with E-state index < -0.39 is 0 Å². The van der Waals surface area contributed by atoms with Crippen LogP contribution < -0.4 is 0 Å². The number of nitrogens with zero attached hydrogens (tertiary/aromatic N) is 3. The van der Waals surface area contributed by atoms with Crippen LogP contribution in [0, 0.1) is 0 Å². The van der Waals surface area contributed by atoms with Gasteiger partial charge in [-0.05, 0) is 103 Å². The molecule has 0 aliphatic heterocycles. The van der Waals surface area contributed by atoms with Crippen LogP contribution in [0.2, 0.25) is 0 Å². The molecule has 1 heterocycles. The third-order valence-corrected chi connectivity index (χ3v) is 10.7. The van der Waals surface area contributed by atoms with Gasteiger partial charge in [0.2, 0.25) is 0 Å². The van der Waals surface area contributed by atoms with Crippen molar-refractivity contribution in [3.05, 3.63) is 224 Å². The summed E-state index contributed by atoms with van der Waals surface area (Å²) in [5.41, 5.74) is 14.4. The topological polar surface area (TPSA) is 38.7 Å². The first-order chi connectivity index (χ1) is 28.7. The standard InChI is InChI=1S/C55H37N3/c1-6-18-38(19-7-1)45-33-46(39-20-8-2-9-21-39)35-47(34-45)48-32-43-28-16-17-29-49(43)52(37-48)50-31-30-44(36-51(50)40-22-10-3-11-23-40)55-57-53(41-24-12-4-13-25-41)56-54(58-55)42-26-14-5-15-27-42/h1-37H. The van der Waals surface area contributed by atoms with E-state index in [1.54, 1.807) is 0 Å². The lowest BCUT2D eigenvalue weighted by atomic mass is 9.87. The Kier molecular flexibility index (Phi) is 9.23. The Hall–Kier alpha value is -7.75.